The van der Waals surface area contributed by atoms with Crippen LogP contribution in [-0.2, 0) is 0 Å². The van der Waals surface area contributed by atoms with E-state index in [0.29, 0.717) is 13.1 Å². The predicted molar refractivity (Wildman–Crippen MR) is 28.9 cm³/mol. The molecule has 0 rings (SSSR count). The van der Waals surface area contributed by atoms with Crippen molar-refractivity contribution in [1.82, 2.24) is 0 Å². The smallest absolute Gasteiger partial charge is 0.186 e. The highest BCUT2D eigenvalue weighted by molar-refractivity contribution is 4.14. The van der Waals surface area contributed by atoms with Crippen molar-refractivity contribution in [2.45, 2.75) is 13.8 Å². The first-order valence-electron chi connectivity index (χ1n) is 2.63. The second-order valence-corrected chi connectivity index (χ2v) is 1.59. The van der Waals surface area contributed by atoms with Gasteiger partial charge in [-0.3, -0.25) is 0 Å². The van der Waals surface area contributed by atoms with Crippen LogP contribution in [0.25, 0.3) is 0 Å². The first-order valence-corrected chi connectivity index (χ1v) is 2.63. The second-order valence-electron chi connectivity index (χ2n) is 1.59. The Labute approximate surface area is 48.2 Å². The van der Waals surface area contributed by atoms with E-state index in [4.69, 9.17) is 5.21 Å². The molecule has 0 atom stereocenters. The molecule has 0 radical (unpaired) electrons. The van der Waals surface area contributed by atoms with Gasteiger partial charge in [0.2, 0.25) is 0 Å². The summed E-state index contributed by atoms with van der Waals surface area (Å²) in [7, 11) is 0. The lowest BCUT2D eigenvalue weighted by atomic mass is 10.6. The van der Waals surface area contributed by atoms with Crippen molar-refractivity contribution in [2.75, 3.05) is 13.1 Å². The fourth-order valence-electron chi connectivity index (χ4n) is 0.339. The number of quaternary nitrogens is 1. The van der Waals surface area contributed by atoms with Crippen molar-refractivity contribution in [3.63, 3.8) is 0 Å². The van der Waals surface area contributed by atoms with Gasteiger partial charge in [-0.2, -0.15) is 5.21 Å². The molecule has 0 aromatic heterocycles. The average molecular weight is 119 g/mol. The van der Waals surface area contributed by atoms with Crippen LogP contribution in [-0.4, -0.2) is 23.1 Å². The minimum atomic E-state index is -0.722. The molecule has 0 fully saturated rings. The lowest BCUT2D eigenvalue weighted by Gasteiger charge is -2.13. The van der Waals surface area contributed by atoms with Gasteiger partial charge in [0.1, 0.15) is 13.1 Å². The van der Waals surface area contributed by atoms with E-state index >= 15 is 0 Å². The standard InChI is InChI=1S/C4H11N2O2/c1-3-6(8,4-2)5-7/h8H,3-4H2,1-2H3/q+1. The maximum absolute atomic E-state index is 9.76. The topological polar surface area (TPSA) is 49.7 Å². The van der Waals surface area contributed by atoms with Gasteiger partial charge in [0.05, 0.1) is 0 Å². The van der Waals surface area contributed by atoms with E-state index in [1.54, 1.807) is 13.8 Å². The van der Waals surface area contributed by atoms with Gasteiger partial charge in [-0.15, -0.1) is 0 Å². The highest BCUT2D eigenvalue weighted by atomic mass is 16.6. The van der Waals surface area contributed by atoms with E-state index in [9.17, 15) is 4.91 Å². The molecule has 1 N–H and O–H groups in total. The van der Waals surface area contributed by atoms with Crippen LogP contribution < -0.4 is 0 Å². The van der Waals surface area contributed by atoms with E-state index < -0.39 is 4.76 Å². The third-order valence-corrected chi connectivity index (χ3v) is 1.16. The summed E-state index contributed by atoms with van der Waals surface area (Å²) < 4.78 is -0.722. The van der Waals surface area contributed by atoms with Gasteiger partial charge >= 0.3 is 0 Å². The molecular weight excluding hydrogens is 108 g/mol. The summed E-state index contributed by atoms with van der Waals surface area (Å²) in [5.41, 5.74) is 0. The van der Waals surface area contributed by atoms with Gasteiger partial charge in [-0.25, -0.2) is 0 Å². The quantitative estimate of drug-likeness (QED) is 0.341. The van der Waals surface area contributed by atoms with Gasteiger partial charge in [0.25, 0.3) is 0 Å². The largest absolute Gasteiger partial charge is 0.189 e. The number of rotatable bonds is 3. The third kappa shape index (κ3) is 1.55. The molecule has 0 saturated heterocycles. The van der Waals surface area contributed by atoms with Gasteiger partial charge in [0, 0.05) is 0 Å². The Balaban J connectivity index is 3.76. The zero-order valence-corrected chi connectivity index (χ0v) is 5.16. The molecule has 0 aliphatic rings. The molecule has 0 bridgehead atoms. The lowest BCUT2D eigenvalue weighted by Crippen LogP contribution is -2.37. The number of hydroxylamine groups is 2. The Kier molecular flexibility index (Phi) is 2.57. The SMILES string of the molecule is CC[N+](O)(CC)N=O. The molecule has 8 heavy (non-hydrogen) atoms. The normalized spacial score (nSPS) is 11.4. The Morgan fingerprint density at radius 2 is 1.88 bits per heavy atom. The zero-order chi connectivity index (χ0) is 6.62. The maximum Gasteiger partial charge on any atom is 0.189 e. The van der Waals surface area contributed by atoms with Crippen molar-refractivity contribution in [1.29, 1.82) is 0 Å². The molecular formula is C4H11N2O2+. The van der Waals surface area contributed by atoms with E-state index in [1.165, 1.54) is 0 Å². The van der Waals surface area contributed by atoms with E-state index in [0.717, 1.165) is 0 Å². The summed E-state index contributed by atoms with van der Waals surface area (Å²) in [6.45, 7) is 4.07. The van der Waals surface area contributed by atoms with Crippen LogP contribution in [0.5, 0.6) is 0 Å². The van der Waals surface area contributed by atoms with E-state index in [1.807, 2.05) is 0 Å². The summed E-state index contributed by atoms with van der Waals surface area (Å²) in [6.07, 6.45) is 0. The highest BCUT2D eigenvalue weighted by Crippen LogP contribution is 1.98. The number of nitroso groups, excluding NO2 is 1. The predicted octanol–water partition coefficient (Wildman–Crippen LogP) is 0.914. The number of hydrogen-bond acceptors (Lipinski definition) is 3. The molecule has 0 heterocycles. The Morgan fingerprint density at radius 3 is 1.88 bits per heavy atom. The Morgan fingerprint density at radius 1 is 1.50 bits per heavy atom. The summed E-state index contributed by atoms with van der Waals surface area (Å²) in [6, 6.07) is 0. The van der Waals surface area contributed by atoms with Gasteiger partial charge < -0.3 is 0 Å². The fraction of sp³-hybridized carbons (Fsp3) is 1.00. The molecule has 0 unspecified atom stereocenters. The van der Waals surface area contributed by atoms with Crippen molar-refractivity contribution in [3.8, 4) is 0 Å². The number of hydrogen-bond donors (Lipinski definition) is 1. The van der Waals surface area contributed by atoms with Crippen LogP contribution in [0.2, 0.25) is 0 Å². The summed E-state index contributed by atoms with van der Waals surface area (Å²) in [4.78, 5) is 9.76. The van der Waals surface area contributed by atoms with Crippen LogP contribution in [0.1, 0.15) is 13.8 Å². The molecule has 4 nitrogen and oxygen atoms in total. The Bertz CT molecular complexity index is 80.1. The minimum absolute atomic E-state index is 0.333. The highest BCUT2D eigenvalue weighted by Gasteiger charge is 2.20. The van der Waals surface area contributed by atoms with Gasteiger partial charge in [-0.1, -0.05) is 4.91 Å². The van der Waals surface area contributed by atoms with Crippen molar-refractivity contribution < 1.29 is 9.96 Å². The molecule has 0 saturated carbocycles. The zero-order valence-electron chi connectivity index (χ0n) is 5.16. The monoisotopic (exact) mass is 119 g/mol. The first-order chi connectivity index (χ1) is 3.68. The summed E-state index contributed by atoms with van der Waals surface area (Å²) in [5.74, 6) is 0. The molecule has 0 aliphatic heterocycles. The maximum atomic E-state index is 9.76. The molecule has 0 amide bonds. The molecule has 0 aromatic carbocycles. The second kappa shape index (κ2) is 2.74. The van der Waals surface area contributed by atoms with Crippen LogP contribution in [0.15, 0.2) is 5.29 Å². The molecule has 48 valence electrons. The van der Waals surface area contributed by atoms with Gasteiger partial charge in [0.15, 0.2) is 5.29 Å². The van der Waals surface area contributed by atoms with Crippen LogP contribution in [0.3, 0.4) is 0 Å². The average Bonchev–Trinajstić information content (AvgIpc) is 1.87. The molecule has 0 aliphatic carbocycles. The first kappa shape index (κ1) is 7.52. The molecule has 0 aromatic rings. The van der Waals surface area contributed by atoms with Crippen molar-refractivity contribution in [2.24, 2.45) is 5.29 Å². The number of nitrogens with zero attached hydrogens (tertiary/aromatic N) is 2. The summed E-state index contributed by atoms with van der Waals surface area (Å²) in [5, 5.41) is 11.4. The molecule has 4 heteroatoms. The van der Waals surface area contributed by atoms with Crippen molar-refractivity contribution >= 4 is 0 Å². The van der Waals surface area contributed by atoms with Crippen LogP contribution >= 0.6 is 0 Å². The lowest BCUT2D eigenvalue weighted by molar-refractivity contribution is -1.11. The summed E-state index contributed by atoms with van der Waals surface area (Å²) >= 11 is 0. The van der Waals surface area contributed by atoms with Crippen LogP contribution in [0.4, 0.5) is 0 Å². The Hall–Kier alpha value is -0.480. The van der Waals surface area contributed by atoms with E-state index in [-0.39, 0.29) is 0 Å². The molecule has 0 spiro atoms. The van der Waals surface area contributed by atoms with E-state index in [2.05, 4.69) is 5.29 Å². The van der Waals surface area contributed by atoms with Gasteiger partial charge in [-0.05, 0) is 18.6 Å². The third-order valence-electron chi connectivity index (χ3n) is 1.16. The fourth-order valence-corrected chi connectivity index (χ4v) is 0.339. The minimum Gasteiger partial charge on any atom is -0.186 e. The van der Waals surface area contributed by atoms with Crippen LogP contribution in [0, 0.1) is 4.91 Å². The van der Waals surface area contributed by atoms with Crippen molar-refractivity contribution in [3.05, 3.63) is 4.91 Å².